The third-order valence-corrected chi connectivity index (χ3v) is 4.40. The summed E-state index contributed by atoms with van der Waals surface area (Å²) >= 11 is 0. The Balaban J connectivity index is 1.62. The fraction of sp³-hybridized carbons (Fsp3) is 0.444. The van der Waals surface area contributed by atoms with E-state index in [-0.39, 0.29) is 5.91 Å². The molecule has 1 aromatic heterocycles. The predicted octanol–water partition coefficient (Wildman–Crippen LogP) is 2.23. The van der Waals surface area contributed by atoms with Gasteiger partial charge >= 0.3 is 0 Å². The van der Waals surface area contributed by atoms with Crippen molar-refractivity contribution in [3.05, 3.63) is 35.9 Å². The Morgan fingerprint density at radius 1 is 1.21 bits per heavy atom. The van der Waals surface area contributed by atoms with Crippen LogP contribution in [0.25, 0.3) is 11.3 Å². The third kappa shape index (κ3) is 4.01. The molecule has 3 rings (SSSR count). The zero-order valence-corrected chi connectivity index (χ0v) is 14.3. The molecular formula is C18H24N4O2. The van der Waals surface area contributed by atoms with Crippen LogP contribution < -0.4 is 5.32 Å². The van der Waals surface area contributed by atoms with Crippen LogP contribution in [0.15, 0.2) is 34.9 Å². The summed E-state index contributed by atoms with van der Waals surface area (Å²) in [4.78, 5) is 16.8. The molecule has 1 saturated heterocycles. The molecule has 1 amide bonds. The Morgan fingerprint density at radius 2 is 2.00 bits per heavy atom. The lowest BCUT2D eigenvalue weighted by Gasteiger charge is -2.18. The summed E-state index contributed by atoms with van der Waals surface area (Å²) in [6, 6.07) is 9.82. The number of benzene rings is 1. The number of rotatable bonds is 4. The molecule has 128 valence electrons. The molecule has 6 heteroatoms. The summed E-state index contributed by atoms with van der Waals surface area (Å²) in [5.74, 6) is 0.379. The molecule has 0 bridgehead atoms. The maximum Gasteiger partial charge on any atom is 0.240 e. The molecule has 24 heavy (non-hydrogen) atoms. The van der Waals surface area contributed by atoms with Crippen molar-refractivity contribution in [2.24, 2.45) is 0 Å². The topological polar surface area (TPSA) is 61.6 Å². The molecule has 1 aliphatic rings. The van der Waals surface area contributed by atoms with E-state index in [1.54, 1.807) is 0 Å². The van der Waals surface area contributed by atoms with Gasteiger partial charge in [0, 0.05) is 24.2 Å². The fourth-order valence-corrected chi connectivity index (χ4v) is 2.94. The number of hydrogen-bond acceptors (Lipinski definition) is 5. The molecule has 1 N–H and O–H groups in total. The number of hydrogen-bond donors (Lipinski definition) is 1. The van der Waals surface area contributed by atoms with E-state index >= 15 is 0 Å². The van der Waals surface area contributed by atoms with Gasteiger partial charge in [-0.2, -0.15) is 0 Å². The Bertz CT molecular complexity index is 684. The molecule has 0 atom stereocenters. The smallest absolute Gasteiger partial charge is 0.240 e. The van der Waals surface area contributed by atoms with E-state index in [4.69, 9.17) is 4.52 Å². The lowest BCUT2D eigenvalue weighted by Crippen LogP contribution is -2.35. The van der Waals surface area contributed by atoms with E-state index in [1.165, 1.54) is 0 Å². The van der Waals surface area contributed by atoms with Gasteiger partial charge < -0.3 is 9.42 Å². The minimum atomic E-state index is -0.0570. The van der Waals surface area contributed by atoms with Crippen LogP contribution in [-0.4, -0.2) is 60.6 Å². The van der Waals surface area contributed by atoms with Gasteiger partial charge in [0.25, 0.3) is 0 Å². The molecule has 2 aromatic rings. The number of amides is 1. The molecule has 1 fully saturated rings. The van der Waals surface area contributed by atoms with E-state index < -0.39 is 0 Å². The van der Waals surface area contributed by atoms with Gasteiger partial charge in [-0.25, -0.2) is 0 Å². The van der Waals surface area contributed by atoms with Crippen LogP contribution in [0.1, 0.15) is 12.0 Å². The van der Waals surface area contributed by atoms with Crippen molar-refractivity contribution in [1.29, 1.82) is 0 Å². The third-order valence-electron chi connectivity index (χ3n) is 4.40. The Hall–Kier alpha value is -2.18. The molecule has 0 unspecified atom stereocenters. The van der Waals surface area contributed by atoms with Crippen molar-refractivity contribution in [2.75, 3.05) is 45.1 Å². The first kappa shape index (κ1) is 16.7. The van der Waals surface area contributed by atoms with Gasteiger partial charge in [-0.05, 0) is 33.5 Å². The van der Waals surface area contributed by atoms with Gasteiger partial charge in [-0.1, -0.05) is 35.5 Å². The van der Waals surface area contributed by atoms with E-state index in [0.717, 1.165) is 49.4 Å². The van der Waals surface area contributed by atoms with Gasteiger partial charge in [0.05, 0.1) is 6.54 Å². The summed E-state index contributed by atoms with van der Waals surface area (Å²) in [6.45, 7) is 6.23. The van der Waals surface area contributed by atoms with Crippen molar-refractivity contribution in [3.63, 3.8) is 0 Å². The first-order valence-corrected chi connectivity index (χ1v) is 8.36. The van der Waals surface area contributed by atoms with Gasteiger partial charge in [-0.15, -0.1) is 0 Å². The molecule has 0 aliphatic carbocycles. The second-order valence-corrected chi connectivity index (χ2v) is 6.33. The van der Waals surface area contributed by atoms with Gasteiger partial charge in [0.15, 0.2) is 0 Å². The average Bonchev–Trinajstić information content (AvgIpc) is 2.80. The van der Waals surface area contributed by atoms with Crippen molar-refractivity contribution in [2.45, 2.75) is 13.3 Å². The summed E-state index contributed by atoms with van der Waals surface area (Å²) in [5.41, 5.74) is 2.60. The SMILES string of the molecule is Cc1c(-c2ccccc2)noc1NC(=O)CN1CCCN(C)CC1. The van der Waals surface area contributed by atoms with Crippen LogP contribution in [0.4, 0.5) is 5.88 Å². The molecule has 1 aromatic carbocycles. The zero-order chi connectivity index (χ0) is 16.9. The quantitative estimate of drug-likeness (QED) is 0.932. The molecule has 6 nitrogen and oxygen atoms in total. The van der Waals surface area contributed by atoms with Gasteiger partial charge in [0.1, 0.15) is 5.69 Å². The number of carbonyl (C=O) groups is 1. The van der Waals surface area contributed by atoms with Crippen molar-refractivity contribution in [1.82, 2.24) is 15.0 Å². The molecule has 0 radical (unpaired) electrons. The summed E-state index contributed by atoms with van der Waals surface area (Å²) in [5, 5.41) is 6.96. The lowest BCUT2D eigenvalue weighted by atomic mass is 10.1. The van der Waals surface area contributed by atoms with E-state index in [0.29, 0.717) is 12.4 Å². The first-order chi connectivity index (χ1) is 11.6. The standard InChI is InChI=1S/C18H24N4O2/c1-14-17(15-7-4-3-5-8-15)20-24-18(14)19-16(23)13-22-10-6-9-21(2)11-12-22/h3-5,7-8H,6,9-13H2,1-2H3,(H,19,23). The number of carbonyl (C=O) groups excluding carboxylic acids is 1. The fourth-order valence-electron chi connectivity index (χ4n) is 2.94. The highest BCUT2D eigenvalue weighted by Gasteiger charge is 2.18. The van der Waals surface area contributed by atoms with E-state index in [1.807, 2.05) is 37.3 Å². The van der Waals surface area contributed by atoms with E-state index in [2.05, 4.69) is 27.3 Å². The molecule has 1 aliphatic heterocycles. The van der Waals surface area contributed by atoms with Crippen molar-refractivity contribution >= 4 is 11.8 Å². The monoisotopic (exact) mass is 328 g/mol. The van der Waals surface area contributed by atoms with Crippen LogP contribution in [-0.2, 0) is 4.79 Å². The van der Waals surface area contributed by atoms with Crippen LogP contribution in [0.5, 0.6) is 0 Å². The molecule has 0 saturated carbocycles. The summed E-state index contributed by atoms with van der Waals surface area (Å²) in [7, 11) is 2.12. The zero-order valence-electron chi connectivity index (χ0n) is 14.3. The number of aromatic nitrogens is 1. The average molecular weight is 328 g/mol. The van der Waals surface area contributed by atoms with E-state index in [9.17, 15) is 4.79 Å². The Morgan fingerprint density at radius 3 is 2.79 bits per heavy atom. The highest BCUT2D eigenvalue weighted by Crippen LogP contribution is 2.27. The van der Waals surface area contributed by atoms with Gasteiger partial charge in [-0.3, -0.25) is 15.0 Å². The molecular weight excluding hydrogens is 304 g/mol. The van der Waals surface area contributed by atoms with Crippen LogP contribution in [0, 0.1) is 6.92 Å². The van der Waals surface area contributed by atoms with Crippen LogP contribution in [0.2, 0.25) is 0 Å². The second-order valence-electron chi connectivity index (χ2n) is 6.33. The summed E-state index contributed by atoms with van der Waals surface area (Å²) < 4.78 is 5.34. The van der Waals surface area contributed by atoms with Crippen LogP contribution in [0.3, 0.4) is 0 Å². The number of likely N-dealkylation sites (N-methyl/N-ethyl adjacent to an activating group) is 1. The first-order valence-electron chi connectivity index (χ1n) is 8.36. The highest BCUT2D eigenvalue weighted by molar-refractivity contribution is 5.92. The Kier molecular flexibility index (Phi) is 5.27. The highest BCUT2D eigenvalue weighted by atomic mass is 16.5. The largest absolute Gasteiger partial charge is 0.338 e. The lowest BCUT2D eigenvalue weighted by molar-refractivity contribution is -0.117. The van der Waals surface area contributed by atoms with Gasteiger partial charge in [0.2, 0.25) is 11.8 Å². The Labute approximate surface area is 142 Å². The molecule has 2 heterocycles. The second kappa shape index (κ2) is 7.59. The predicted molar refractivity (Wildman–Crippen MR) is 93.9 cm³/mol. The normalized spacial score (nSPS) is 16.8. The minimum absolute atomic E-state index is 0.0570. The number of nitrogens with one attached hydrogen (secondary N) is 1. The maximum absolute atomic E-state index is 12.3. The molecule has 0 spiro atoms. The minimum Gasteiger partial charge on any atom is -0.338 e. The van der Waals surface area contributed by atoms with Crippen LogP contribution >= 0.6 is 0 Å². The number of anilines is 1. The van der Waals surface area contributed by atoms with Crippen molar-refractivity contribution < 1.29 is 9.32 Å². The van der Waals surface area contributed by atoms with Crippen molar-refractivity contribution in [3.8, 4) is 11.3 Å². The number of nitrogens with zero attached hydrogens (tertiary/aromatic N) is 3. The summed E-state index contributed by atoms with van der Waals surface area (Å²) in [6.07, 6.45) is 1.09. The maximum atomic E-state index is 12.3.